The zero-order chi connectivity index (χ0) is 8.27. The second-order valence-electron chi connectivity index (χ2n) is 2.39. The van der Waals surface area contributed by atoms with E-state index in [0.29, 0.717) is 18.3 Å². The van der Waals surface area contributed by atoms with Crippen LogP contribution in [-0.4, -0.2) is 24.0 Å². The first-order chi connectivity index (χ1) is 5.24. The molecule has 0 aromatic heterocycles. The lowest BCUT2D eigenvalue weighted by molar-refractivity contribution is -0.117. The average molecular weight is 173 g/mol. The van der Waals surface area contributed by atoms with Crippen LogP contribution < -0.4 is 5.73 Å². The Bertz CT molecular complexity index is 191. The molecule has 1 heterocycles. The van der Waals surface area contributed by atoms with Crippen molar-refractivity contribution >= 4 is 17.7 Å². The summed E-state index contributed by atoms with van der Waals surface area (Å²) < 4.78 is 5.07. The molecule has 0 aliphatic carbocycles. The lowest BCUT2D eigenvalue weighted by atomic mass is 10.1. The Kier molecular flexibility index (Phi) is 2.82. The van der Waals surface area contributed by atoms with Gasteiger partial charge < -0.3 is 10.5 Å². The van der Waals surface area contributed by atoms with Crippen molar-refractivity contribution in [3.8, 4) is 0 Å². The standard InChI is InChI=1S/C7H11NO2S/c1-11-6-4-10-3-5(6)2-7(8)9/h3,6H,2,4H2,1H3,(H2,8,9). The van der Waals surface area contributed by atoms with E-state index in [2.05, 4.69) is 0 Å². The minimum absolute atomic E-state index is 0.291. The molecule has 2 N–H and O–H groups in total. The van der Waals surface area contributed by atoms with Crippen LogP contribution in [0.4, 0.5) is 0 Å². The minimum Gasteiger partial charge on any atom is -0.500 e. The summed E-state index contributed by atoms with van der Waals surface area (Å²) in [5.41, 5.74) is 6.05. The van der Waals surface area contributed by atoms with Gasteiger partial charge in [0.15, 0.2) is 0 Å². The largest absolute Gasteiger partial charge is 0.500 e. The molecule has 0 radical (unpaired) electrons. The molecule has 1 unspecified atom stereocenters. The van der Waals surface area contributed by atoms with Crippen molar-refractivity contribution in [3.05, 3.63) is 11.8 Å². The molecule has 4 heteroatoms. The molecule has 0 aromatic rings. The van der Waals surface area contributed by atoms with E-state index in [-0.39, 0.29) is 5.91 Å². The van der Waals surface area contributed by atoms with Crippen molar-refractivity contribution in [1.82, 2.24) is 0 Å². The summed E-state index contributed by atoms with van der Waals surface area (Å²) in [4.78, 5) is 10.5. The SMILES string of the molecule is CSC1COC=C1CC(N)=O. The Labute approximate surface area is 70.0 Å². The monoisotopic (exact) mass is 173 g/mol. The van der Waals surface area contributed by atoms with Crippen molar-refractivity contribution in [2.45, 2.75) is 11.7 Å². The molecule has 1 aliphatic rings. The van der Waals surface area contributed by atoms with Gasteiger partial charge in [-0.1, -0.05) is 0 Å². The third-order valence-electron chi connectivity index (χ3n) is 1.56. The molecule has 1 rings (SSSR count). The Hall–Kier alpha value is -0.640. The van der Waals surface area contributed by atoms with Gasteiger partial charge in [-0.25, -0.2) is 0 Å². The molecule has 1 amide bonds. The summed E-state index contributed by atoms with van der Waals surface area (Å²) in [7, 11) is 0. The quantitative estimate of drug-likeness (QED) is 0.676. The van der Waals surface area contributed by atoms with Gasteiger partial charge in [-0.15, -0.1) is 0 Å². The van der Waals surface area contributed by atoms with Gasteiger partial charge in [0.2, 0.25) is 5.91 Å². The molecule has 11 heavy (non-hydrogen) atoms. The van der Waals surface area contributed by atoms with Gasteiger partial charge >= 0.3 is 0 Å². The smallest absolute Gasteiger partial charge is 0.221 e. The fourth-order valence-corrected chi connectivity index (χ4v) is 1.66. The summed E-state index contributed by atoms with van der Waals surface area (Å²) in [6.07, 6.45) is 3.96. The molecule has 1 atom stereocenters. The van der Waals surface area contributed by atoms with Crippen LogP contribution in [0.3, 0.4) is 0 Å². The van der Waals surface area contributed by atoms with Crippen LogP contribution in [0.2, 0.25) is 0 Å². The maximum atomic E-state index is 10.5. The summed E-state index contributed by atoms with van der Waals surface area (Å²) in [5, 5.41) is 0.322. The maximum Gasteiger partial charge on any atom is 0.221 e. The number of carbonyl (C=O) groups is 1. The van der Waals surface area contributed by atoms with E-state index >= 15 is 0 Å². The predicted octanol–water partition coefficient (Wildman–Crippen LogP) is 0.507. The first-order valence-electron chi connectivity index (χ1n) is 3.35. The number of hydrogen-bond donors (Lipinski definition) is 1. The summed E-state index contributed by atoms with van der Waals surface area (Å²) in [6.45, 7) is 0.670. The van der Waals surface area contributed by atoms with Gasteiger partial charge in [0.05, 0.1) is 17.9 Å². The van der Waals surface area contributed by atoms with Crippen molar-refractivity contribution in [2.24, 2.45) is 5.73 Å². The molecule has 1 aliphatic heterocycles. The van der Waals surface area contributed by atoms with Crippen molar-refractivity contribution in [3.63, 3.8) is 0 Å². The van der Waals surface area contributed by atoms with Gasteiger partial charge in [0.1, 0.15) is 6.61 Å². The fraction of sp³-hybridized carbons (Fsp3) is 0.571. The molecular weight excluding hydrogens is 162 g/mol. The van der Waals surface area contributed by atoms with E-state index in [1.165, 1.54) is 0 Å². The lowest BCUT2D eigenvalue weighted by Crippen LogP contribution is -2.15. The Morgan fingerprint density at radius 2 is 2.73 bits per heavy atom. The van der Waals surface area contributed by atoms with Gasteiger partial charge in [0, 0.05) is 0 Å². The van der Waals surface area contributed by atoms with Crippen molar-refractivity contribution in [1.29, 1.82) is 0 Å². The number of ether oxygens (including phenoxy) is 1. The number of thioether (sulfide) groups is 1. The van der Waals surface area contributed by atoms with E-state index in [1.54, 1.807) is 18.0 Å². The number of amides is 1. The van der Waals surface area contributed by atoms with Crippen LogP contribution in [0.25, 0.3) is 0 Å². The van der Waals surface area contributed by atoms with Gasteiger partial charge in [0.25, 0.3) is 0 Å². The van der Waals surface area contributed by atoms with Crippen molar-refractivity contribution in [2.75, 3.05) is 12.9 Å². The fourth-order valence-electron chi connectivity index (χ4n) is 1.00. The van der Waals surface area contributed by atoms with Crippen LogP contribution in [0.1, 0.15) is 6.42 Å². The minimum atomic E-state index is -0.291. The number of rotatable bonds is 3. The topological polar surface area (TPSA) is 52.3 Å². The van der Waals surface area contributed by atoms with Crippen LogP contribution in [0.5, 0.6) is 0 Å². The van der Waals surface area contributed by atoms with Gasteiger partial charge in [-0.3, -0.25) is 4.79 Å². The van der Waals surface area contributed by atoms with E-state index in [9.17, 15) is 4.79 Å². The molecule has 0 saturated heterocycles. The average Bonchev–Trinajstić information content (AvgIpc) is 2.34. The zero-order valence-corrected chi connectivity index (χ0v) is 7.19. The number of hydrogen-bond acceptors (Lipinski definition) is 3. The van der Waals surface area contributed by atoms with Crippen LogP contribution in [0.15, 0.2) is 11.8 Å². The highest BCUT2D eigenvalue weighted by atomic mass is 32.2. The number of primary amides is 1. The van der Waals surface area contributed by atoms with Crippen LogP contribution >= 0.6 is 11.8 Å². The first-order valence-corrected chi connectivity index (χ1v) is 4.64. The summed E-state index contributed by atoms with van der Waals surface area (Å²) >= 11 is 1.68. The van der Waals surface area contributed by atoms with E-state index in [1.807, 2.05) is 6.26 Å². The van der Waals surface area contributed by atoms with Crippen molar-refractivity contribution < 1.29 is 9.53 Å². The Balaban J connectivity index is 2.49. The maximum absolute atomic E-state index is 10.5. The second-order valence-corrected chi connectivity index (χ2v) is 3.43. The Morgan fingerprint density at radius 3 is 3.27 bits per heavy atom. The highest BCUT2D eigenvalue weighted by Crippen LogP contribution is 2.24. The molecule has 62 valence electrons. The van der Waals surface area contributed by atoms with Crippen LogP contribution in [-0.2, 0) is 9.53 Å². The second kappa shape index (κ2) is 3.67. The molecule has 0 aromatic carbocycles. The molecule has 0 saturated carbocycles. The highest BCUT2D eigenvalue weighted by Gasteiger charge is 2.20. The predicted molar refractivity (Wildman–Crippen MR) is 45.1 cm³/mol. The zero-order valence-electron chi connectivity index (χ0n) is 6.37. The Morgan fingerprint density at radius 1 is 2.00 bits per heavy atom. The summed E-state index contributed by atoms with van der Waals surface area (Å²) in [6, 6.07) is 0. The van der Waals surface area contributed by atoms with E-state index in [4.69, 9.17) is 10.5 Å². The third-order valence-corrected chi connectivity index (χ3v) is 2.57. The first kappa shape index (κ1) is 8.46. The van der Waals surface area contributed by atoms with E-state index in [0.717, 1.165) is 5.57 Å². The molecule has 0 spiro atoms. The van der Waals surface area contributed by atoms with Gasteiger partial charge in [-0.2, -0.15) is 11.8 Å². The summed E-state index contributed by atoms with van der Waals surface area (Å²) in [5.74, 6) is -0.291. The lowest BCUT2D eigenvalue weighted by Gasteiger charge is -2.06. The normalized spacial score (nSPS) is 22.6. The molecule has 3 nitrogen and oxygen atoms in total. The van der Waals surface area contributed by atoms with E-state index < -0.39 is 0 Å². The number of carbonyl (C=O) groups excluding carboxylic acids is 1. The van der Waals surface area contributed by atoms with Crippen LogP contribution in [0, 0.1) is 0 Å². The molecule has 0 bridgehead atoms. The van der Waals surface area contributed by atoms with Gasteiger partial charge in [-0.05, 0) is 11.8 Å². The molecular formula is C7H11NO2S. The molecule has 0 fully saturated rings. The number of nitrogens with two attached hydrogens (primary N) is 1. The third kappa shape index (κ3) is 2.15. The highest BCUT2D eigenvalue weighted by molar-refractivity contribution is 7.99.